The second-order valence-electron chi connectivity index (χ2n) is 7.51. The molecule has 0 aliphatic carbocycles. The summed E-state index contributed by atoms with van der Waals surface area (Å²) >= 11 is 0. The SMILES string of the molecule is CCN(CC(=O)N1CCN(S(=O)(=O)c2cccc(F)c2)CC1)Cc1ccc(OC)c(F)c1. The molecule has 0 aromatic heterocycles. The molecule has 0 saturated carbocycles. The molecule has 1 fully saturated rings. The van der Waals surface area contributed by atoms with E-state index < -0.39 is 21.7 Å². The largest absolute Gasteiger partial charge is 0.494 e. The van der Waals surface area contributed by atoms with Crippen LogP contribution in [-0.2, 0) is 21.4 Å². The van der Waals surface area contributed by atoms with Crippen molar-refractivity contribution in [2.24, 2.45) is 0 Å². The first-order chi connectivity index (χ1) is 15.2. The highest BCUT2D eigenvalue weighted by atomic mass is 32.2. The number of hydrogen-bond acceptors (Lipinski definition) is 5. The van der Waals surface area contributed by atoms with E-state index in [1.165, 1.54) is 35.7 Å². The van der Waals surface area contributed by atoms with Gasteiger partial charge in [-0.2, -0.15) is 4.31 Å². The maximum absolute atomic E-state index is 13.9. The maximum Gasteiger partial charge on any atom is 0.243 e. The van der Waals surface area contributed by atoms with E-state index in [9.17, 15) is 22.0 Å². The summed E-state index contributed by atoms with van der Waals surface area (Å²) in [6, 6.07) is 9.60. The number of rotatable bonds is 8. The fourth-order valence-corrected chi connectivity index (χ4v) is 5.05. The Labute approximate surface area is 187 Å². The van der Waals surface area contributed by atoms with Crippen LogP contribution in [0.25, 0.3) is 0 Å². The third-order valence-electron chi connectivity index (χ3n) is 5.45. The number of amides is 1. The zero-order valence-corrected chi connectivity index (χ0v) is 18.9. The number of carbonyl (C=O) groups is 1. The molecule has 0 N–H and O–H groups in total. The van der Waals surface area contributed by atoms with Gasteiger partial charge in [0.15, 0.2) is 11.6 Å². The van der Waals surface area contributed by atoms with Crippen molar-refractivity contribution in [3.05, 3.63) is 59.7 Å². The van der Waals surface area contributed by atoms with E-state index in [0.29, 0.717) is 13.1 Å². The van der Waals surface area contributed by atoms with E-state index in [0.717, 1.165) is 11.6 Å². The minimum absolute atomic E-state index is 0.0961. The standard InChI is InChI=1S/C22H27F2N3O4S/c1-3-25(15-17-7-8-21(31-2)20(24)13-17)16-22(28)26-9-11-27(12-10-26)32(29,30)19-6-4-5-18(23)14-19/h4-8,13-14H,3,9-12,15-16H2,1-2H3. The van der Waals surface area contributed by atoms with Crippen LogP contribution in [0.2, 0.25) is 0 Å². The van der Waals surface area contributed by atoms with Gasteiger partial charge >= 0.3 is 0 Å². The zero-order chi connectivity index (χ0) is 23.3. The third kappa shape index (κ3) is 5.62. The molecular weight excluding hydrogens is 440 g/mol. The summed E-state index contributed by atoms with van der Waals surface area (Å²) in [7, 11) is -2.41. The first-order valence-corrected chi connectivity index (χ1v) is 11.8. The van der Waals surface area contributed by atoms with Gasteiger partial charge in [-0.3, -0.25) is 9.69 Å². The van der Waals surface area contributed by atoms with Crippen LogP contribution in [0.3, 0.4) is 0 Å². The number of benzene rings is 2. The Bertz CT molecular complexity index is 1060. The van der Waals surface area contributed by atoms with Gasteiger partial charge in [0, 0.05) is 32.7 Å². The number of likely N-dealkylation sites (N-methyl/N-ethyl adjacent to an activating group) is 1. The monoisotopic (exact) mass is 467 g/mol. The molecule has 10 heteroatoms. The molecule has 2 aromatic rings. The molecule has 32 heavy (non-hydrogen) atoms. The highest BCUT2D eigenvalue weighted by molar-refractivity contribution is 7.89. The molecule has 0 bridgehead atoms. The zero-order valence-electron chi connectivity index (χ0n) is 18.1. The molecule has 1 amide bonds. The average molecular weight is 468 g/mol. The van der Waals surface area contributed by atoms with Crippen molar-refractivity contribution in [1.82, 2.24) is 14.1 Å². The lowest BCUT2D eigenvalue weighted by molar-refractivity contribution is -0.133. The predicted octanol–water partition coefficient (Wildman–Crippen LogP) is 2.33. The van der Waals surface area contributed by atoms with Crippen molar-refractivity contribution >= 4 is 15.9 Å². The lowest BCUT2D eigenvalue weighted by Gasteiger charge is -2.35. The van der Waals surface area contributed by atoms with E-state index in [1.807, 2.05) is 11.8 Å². The van der Waals surface area contributed by atoms with Gasteiger partial charge < -0.3 is 9.64 Å². The molecule has 174 valence electrons. The van der Waals surface area contributed by atoms with Crippen LogP contribution in [-0.4, -0.2) is 74.8 Å². The normalized spacial score (nSPS) is 15.2. The van der Waals surface area contributed by atoms with Crippen LogP contribution in [0.5, 0.6) is 5.75 Å². The molecular formula is C22H27F2N3O4S. The Balaban J connectivity index is 1.57. The van der Waals surface area contributed by atoms with Crippen LogP contribution in [0, 0.1) is 11.6 Å². The summed E-state index contributed by atoms with van der Waals surface area (Å²) in [6.45, 7) is 3.83. The fraction of sp³-hybridized carbons (Fsp3) is 0.409. The second-order valence-corrected chi connectivity index (χ2v) is 9.45. The van der Waals surface area contributed by atoms with Crippen LogP contribution in [0.15, 0.2) is 47.4 Å². The first kappa shape index (κ1) is 24.1. The molecule has 1 aliphatic rings. The first-order valence-electron chi connectivity index (χ1n) is 10.3. The van der Waals surface area contributed by atoms with Crippen LogP contribution in [0.4, 0.5) is 8.78 Å². The van der Waals surface area contributed by atoms with Gasteiger partial charge in [-0.1, -0.05) is 19.1 Å². The lowest BCUT2D eigenvalue weighted by atomic mass is 10.2. The maximum atomic E-state index is 13.9. The van der Waals surface area contributed by atoms with Crippen LogP contribution >= 0.6 is 0 Å². The minimum atomic E-state index is -3.81. The summed E-state index contributed by atoms with van der Waals surface area (Å²) in [5, 5.41) is 0. The summed E-state index contributed by atoms with van der Waals surface area (Å²) in [5.74, 6) is -1.03. The molecule has 1 heterocycles. The van der Waals surface area contributed by atoms with E-state index in [2.05, 4.69) is 0 Å². The van der Waals surface area contributed by atoms with Crippen molar-refractivity contribution in [3.63, 3.8) is 0 Å². The number of sulfonamides is 1. The van der Waals surface area contributed by atoms with Crippen molar-refractivity contribution in [1.29, 1.82) is 0 Å². The van der Waals surface area contributed by atoms with Crippen molar-refractivity contribution in [3.8, 4) is 5.75 Å². The summed E-state index contributed by atoms with van der Waals surface area (Å²) in [6.07, 6.45) is 0. The number of carbonyl (C=O) groups excluding carboxylic acids is 1. The topological polar surface area (TPSA) is 70.2 Å². The van der Waals surface area contributed by atoms with Crippen molar-refractivity contribution < 1.29 is 26.7 Å². The van der Waals surface area contributed by atoms with E-state index >= 15 is 0 Å². The van der Waals surface area contributed by atoms with Gasteiger partial charge in [0.2, 0.25) is 15.9 Å². The van der Waals surface area contributed by atoms with Gasteiger partial charge in [0.25, 0.3) is 0 Å². The fourth-order valence-electron chi connectivity index (χ4n) is 3.59. The number of methoxy groups -OCH3 is 1. The van der Waals surface area contributed by atoms with Gasteiger partial charge in [0.1, 0.15) is 5.82 Å². The minimum Gasteiger partial charge on any atom is -0.494 e. The molecule has 2 aromatic carbocycles. The summed E-state index contributed by atoms with van der Waals surface area (Å²) in [5.41, 5.74) is 0.726. The molecule has 7 nitrogen and oxygen atoms in total. The summed E-state index contributed by atoms with van der Waals surface area (Å²) in [4.78, 5) is 16.2. The number of nitrogens with zero attached hydrogens (tertiary/aromatic N) is 3. The molecule has 1 aliphatic heterocycles. The molecule has 0 radical (unpaired) electrons. The van der Waals surface area contributed by atoms with Crippen molar-refractivity contribution in [2.45, 2.75) is 18.4 Å². The Kier molecular flexibility index (Phi) is 7.81. The Morgan fingerprint density at radius 2 is 1.81 bits per heavy atom. The van der Waals surface area contributed by atoms with E-state index in [1.54, 1.807) is 17.0 Å². The summed E-state index contributed by atoms with van der Waals surface area (Å²) < 4.78 is 59.0. The number of hydrogen-bond donors (Lipinski definition) is 0. The number of piperazine rings is 1. The highest BCUT2D eigenvalue weighted by Crippen LogP contribution is 2.20. The Hall–Kier alpha value is -2.56. The second kappa shape index (κ2) is 10.4. The van der Waals surface area contributed by atoms with Gasteiger partial charge in [-0.15, -0.1) is 0 Å². The quantitative estimate of drug-likeness (QED) is 0.596. The molecule has 0 spiro atoms. The molecule has 0 atom stereocenters. The number of halogens is 2. The van der Waals surface area contributed by atoms with Crippen LogP contribution < -0.4 is 4.74 Å². The Morgan fingerprint density at radius 1 is 1.09 bits per heavy atom. The highest BCUT2D eigenvalue weighted by Gasteiger charge is 2.30. The van der Waals surface area contributed by atoms with E-state index in [4.69, 9.17) is 4.74 Å². The van der Waals surface area contributed by atoms with Crippen LogP contribution in [0.1, 0.15) is 12.5 Å². The predicted molar refractivity (Wildman–Crippen MR) is 116 cm³/mol. The average Bonchev–Trinajstić information content (AvgIpc) is 2.78. The van der Waals surface area contributed by atoms with Crippen molar-refractivity contribution in [2.75, 3.05) is 46.4 Å². The molecule has 3 rings (SSSR count). The smallest absolute Gasteiger partial charge is 0.243 e. The molecule has 0 unspecified atom stereocenters. The van der Waals surface area contributed by atoms with Gasteiger partial charge in [-0.05, 0) is 42.4 Å². The third-order valence-corrected chi connectivity index (χ3v) is 7.35. The Morgan fingerprint density at radius 3 is 2.41 bits per heavy atom. The van der Waals surface area contributed by atoms with Gasteiger partial charge in [0.05, 0.1) is 18.6 Å². The van der Waals surface area contributed by atoms with Gasteiger partial charge in [-0.25, -0.2) is 17.2 Å². The molecule has 1 saturated heterocycles. The van der Waals surface area contributed by atoms with E-state index in [-0.39, 0.29) is 49.3 Å². The number of ether oxygens (including phenoxy) is 1. The lowest BCUT2D eigenvalue weighted by Crippen LogP contribution is -2.52.